The maximum absolute atomic E-state index is 11.5. The quantitative estimate of drug-likeness (QED) is 0.618. The molecule has 2 atom stereocenters. The van der Waals surface area contributed by atoms with Gasteiger partial charge in [0, 0.05) is 17.8 Å². The number of hydrogen-bond acceptors (Lipinski definition) is 6. The lowest BCUT2D eigenvalue weighted by atomic mass is 10.1. The van der Waals surface area contributed by atoms with Crippen molar-refractivity contribution in [2.45, 2.75) is 31.6 Å². The van der Waals surface area contributed by atoms with Crippen LogP contribution >= 0.6 is 11.3 Å². The Morgan fingerprint density at radius 1 is 1.55 bits per heavy atom. The fourth-order valence-corrected chi connectivity index (χ4v) is 2.56. The van der Waals surface area contributed by atoms with Gasteiger partial charge in [0.05, 0.1) is 25.4 Å². The van der Waals surface area contributed by atoms with Crippen LogP contribution in [0.25, 0.3) is 0 Å². The number of aliphatic hydroxyl groups excluding tert-OH is 1. The van der Waals surface area contributed by atoms with Crippen molar-refractivity contribution >= 4 is 23.2 Å². The van der Waals surface area contributed by atoms with Gasteiger partial charge in [-0.2, -0.15) is 0 Å². The maximum atomic E-state index is 11.5. The molecule has 20 heavy (non-hydrogen) atoms. The molecule has 7 heteroatoms. The van der Waals surface area contributed by atoms with Gasteiger partial charge in [0.2, 0.25) is 11.8 Å². The molecule has 0 aliphatic carbocycles. The number of nitrogens with one attached hydrogen (secondary N) is 2. The number of rotatable bonds is 7. The van der Waals surface area contributed by atoms with Gasteiger partial charge in [-0.15, -0.1) is 11.3 Å². The van der Waals surface area contributed by atoms with Crippen molar-refractivity contribution < 1.29 is 19.4 Å². The third-order valence-electron chi connectivity index (χ3n) is 2.97. The van der Waals surface area contributed by atoms with Crippen molar-refractivity contribution in [3.8, 4) is 0 Å². The normalized spacial score (nSPS) is 20.8. The molecule has 1 aliphatic rings. The summed E-state index contributed by atoms with van der Waals surface area (Å²) >= 11 is 1.60. The highest BCUT2D eigenvalue weighted by atomic mass is 32.1. The summed E-state index contributed by atoms with van der Waals surface area (Å²) in [5, 5.41) is 16.9. The minimum Gasteiger partial charge on any atom is -0.389 e. The molecule has 1 fully saturated rings. The Balaban J connectivity index is 1.61. The van der Waals surface area contributed by atoms with E-state index in [1.165, 1.54) is 0 Å². The first-order valence-corrected chi connectivity index (χ1v) is 7.38. The second-order valence-corrected chi connectivity index (χ2v) is 5.69. The Morgan fingerprint density at radius 2 is 2.40 bits per heavy atom. The van der Waals surface area contributed by atoms with E-state index < -0.39 is 12.1 Å². The SMILES string of the molecule is O=C1CCC(NCC(O)COCc2cccs2)C(=O)N1. The third-order valence-corrected chi connectivity index (χ3v) is 3.82. The van der Waals surface area contributed by atoms with E-state index in [1.54, 1.807) is 11.3 Å². The largest absolute Gasteiger partial charge is 0.389 e. The van der Waals surface area contributed by atoms with Gasteiger partial charge in [0.1, 0.15) is 0 Å². The summed E-state index contributed by atoms with van der Waals surface area (Å²) in [5.41, 5.74) is 0. The summed E-state index contributed by atoms with van der Waals surface area (Å²) in [6, 6.07) is 3.50. The van der Waals surface area contributed by atoms with Gasteiger partial charge in [0.25, 0.3) is 0 Å². The van der Waals surface area contributed by atoms with E-state index in [0.29, 0.717) is 19.4 Å². The molecule has 2 amide bonds. The summed E-state index contributed by atoms with van der Waals surface area (Å²) in [5.74, 6) is -0.569. The summed E-state index contributed by atoms with van der Waals surface area (Å²) in [6.07, 6.45) is 0.113. The lowest BCUT2D eigenvalue weighted by Crippen LogP contribution is -2.52. The molecule has 6 nitrogen and oxygen atoms in total. The highest BCUT2D eigenvalue weighted by Crippen LogP contribution is 2.09. The second kappa shape index (κ2) is 7.49. The van der Waals surface area contributed by atoms with Crippen LogP contribution in [0.1, 0.15) is 17.7 Å². The number of carbonyl (C=O) groups excluding carboxylic acids is 2. The highest BCUT2D eigenvalue weighted by molar-refractivity contribution is 7.09. The van der Waals surface area contributed by atoms with Crippen LogP contribution in [0, 0.1) is 0 Å². The van der Waals surface area contributed by atoms with Crippen molar-refractivity contribution in [1.29, 1.82) is 0 Å². The average Bonchev–Trinajstić information content (AvgIpc) is 2.91. The monoisotopic (exact) mass is 298 g/mol. The first kappa shape index (κ1) is 15.1. The van der Waals surface area contributed by atoms with Crippen molar-refractivity contribution in [1.82, 2.24) is 10.6 Å². The number of ether oxygens (including phenoxy) is 1. The molecule has 2 rings (SSSR count). The smallest absolute Gasteiger partial charge is 0.243 e. The zero-order valence-corrected chi connectivity index (χ0v) is 11.8. The summed E-state index contributed by atoms with van der Waals surface area (Å²) in [4.78, 5) is 23.6. The Labute approximate surface area is 121 Å². The van der Waals surface area contributed by atoms with Crippen molar-refractivity contribution in [2.24, 2.45) is 0 Å². The lowest BCUT2D eigenvalue weighted by molar-refractivity contribution is -0.134. The minimum atomic E-state index is -0.680. The van der Waals surface area contributed by atoms with E-state index in [1.807, 2.05) is 17.5 Å². The van der Waals surface area contributed by atoms with Gasteiger partial charge in [-0.3, -0.25) is 14.9 Å². The number of imide groups is 1. The van der Waals surface area contributed by atoms with Crippen molar-refractivity contribution in [3.05, 3.63) is 22.4 Å². The molecule has 0 bridgehead atoms. The molecule has 0 saturated carbocycles. The highest BCUT2D eigenvalue weighted by Gasteiger charge is 2.26. The average molecular weight is 298 g/mol. The first-order chi connectivity index (χ1) is 9.65. The molecule has 1 saturated heterocycles. The Morgan fingerprint density at radius 3 is 3.10 bits per heavy atom. The number of aliphatic hydroxyl groups is 1. The van der Waals surface area contributed by atoms with E-state index in [0.717, 1.165) is 4.88 Å². The molecule has 2 heterocycles. The zero-order chi connectivity index (χ0) is 14.4. The summed E-state index contributed by atoms with van der Waals surface area (Å²) < 4.78 is 5.39. The number of piperidine rings is 1. The van der Waals surface area contributed by atoms with Crippen LogP contribution in [0.15, 0.2) is 17.5 Å². The van der Waals surface area contributed by atoms with Gasteiger partial charge in [0.15, 0.2) is 0 Å². The topological polar surface area (TPSA) is 87.7 Å². The van der Waals surface area contributed by atoms with Crippen LogP contribution < -0.4 is 10.6 Å². The van der Waals surface area contributed by atoms with E-state index in [4.69, 9.17) is 4.74 Å². The van der Waals surface area contributed by atoms with Gasteiger partial charge in [-0.1, -0.05) is 6.07 Å². The van der Waals surface area contributed by atoms with Crippen molar-refractivity contribution in [2.75, 3.05) is 13.2 Å². The second-order valence-electron chi connectivity index (χ2n) is 4.66. The van der Waals surface area contributed by atoms with Crippen LogP contribution in [-0.4, -0.2) is 42.2 Å². The first-order valence-electron chi connectivity index (χ1n) is 6.50. The Kier molecular flexibility index (Phi) is 5.66. The molecule has 3 N–H and O–H groups in total. The van der Waals surface area contributed by atoms with E-state index in [-0.39, 0.29) is 25.0 Å². The number of amides is 2. The van der Waals surface area contributed by atoms with Gasteiger partial charge in [-0.25, -0.2) is 0 Å². The van der Waals surface area contributed by atoms with Crippen molar-refractivity contribution in [3.63, 3.8) is 0 Å². The molecule has 1 aliphatic heterocycles. The number of hydrogen-bond donors (Lipinski definition) is 3. The Hall–Kier alpha value is -1.28. The number of thiophene rings is 1. The molecule has 2 unspecified atom stereocenters. The van der Waals surface area contributed by atoms with E-state index in [2.05, 4.69) is 10.6 Å². The lowest BCUT2D eigenvalue weighted by Gasteiger charge is -2.23. The molecule has 110 valence electrons. The van der Waals surface area contributed by atoms with Crippen LogP contribution in [0.4, 0.5) is 0 Å². The fourth-order valence-electron chi connectivity index (χ4n) is 1.92. The Bertz CT molecular complexity index is 449. The van der Waals surface area contributed by atoms with E-state index >= 15 is 0 Å². The standard InChI is InChI=1S/C13H18N2O4S/c16-9(7-19-8-10-2-1-5-20-10)6-14-11-3-4-12(17)15-13(11)18/h1-2,5,9,11,14,16H,3-4,6-8H2,(H,15,17,18). The zero-order valence-electron chi connectivity index (χ0n) is 11.0. The number of carbonyl (C=O) groups is 2. The molecule has 0 spiro atoms. The summed E-state index contributed by atoms with van der Waals surface area (Å²) in [6.45, 7) is 0.946. The molecule has 0 aromatic carbocycles. The fraction of sp³-hybridized carbons (Fsp3) is 0.538. The molecule has 1 aromatic rings. The third kappa shape index (κ3) is 4.68. The molecular formula is C13H18N2O4S. The van der Waals surface area contributed by atoms with Gasteiger partial charge in [-0.05, 0) is 17.9 Å². The van der Waals surface area contributed by atoms with E-state index in [9.17, 15) is 14.7 Å². The predicted octanol–water partition coefficient (Wildman–Crippen LogP) is 0.0204. The van der Waals surface area contributed by atoms with Gasteiger partial charge < -0.3 is 15.2 Å². The predicted molar refractivity (Wildman–Crippen MR) is 74.2 cm³/mol. The van der Waals surface area contributed by atoms with Crippen LogP contribution in [0.5, 0.6) is 0 Å². The van der Waals surface area contributed by atoms with Crippen LogP contribution in [-0.2, 0) is 20.9 Å². The summed E-state index contributed by atoms with van der Waals surface area (Å²) in [7, 11) is 0. The molecule has 0 radical (unpaired) electrons. The van der Waals surface area contributed by atoms with Crippen LogP contribution in [0.3, 0.4) is 0 Å². The van der Waals surface area contributed by atoms with Crippen LogP contribution in [0.2, 0.25) is 0 Å². The maximum Gasteiger partial charge on any atom is 0.243 e. The molecule has 1 aromatic heterocycles. The molecular weight excluding hydrogens is 280 g/mol. The van der Waals surface area contributed by atoms with Gasteiger partial charge >= 0.3 is 0 Å². The minimum absolute atomic E-state index is 0.207.